The second-order valence-electron chi connectivity index (χ2n) is 7.00. The fraction of sp³-hybridized carbons (Fsp3) is 0.100. The van der Waals surface area contributed by atoms with Gasteiger partial charge in [-0.15, -0.1) is 0 Å². The summed E-state index contributed by atoms with van der Waals surface area (Å²) in [6, 6.07) is 4.35. The maximum Gasteiger partial charge on any atom is 0.417 e. The van der Waals surface area contributed by atoms with Crippen molar-refractivity contribution < 1.29 is 35.9 Å². The van der Waals surface area contributed by atoms with E-state index in [0.29, 0.717) is 6.07 Å². The van der Waals surface area contributed by atoms with E-state index in [-0.39, 0.29) is 28.8 Å². The number of fused-ring (bicyclic) bond motifs is 1. The van der Waals surface area contributed by atoms with Gasteiger partial charge in [-0.1, -0.05) is 23.2 Å². The summed E-state index contributed by atoms with van der Waals surface area (Å²) in [7, 11) is -4.65. The minimum Gasteiger partial charge on any atom is -0.479 e. The zero-order valence-corrected chi connectivity index (χ0v) is 19.3. The van der Waals surface area contributed by atoms with Crippen LogP contribution in [0.1, 0.15) is 21.6 Å². The smallest absolute Gasteiger partial charge is 0.417 e. The van der Waals surface area contributed by atoms with E-state index >= 15 is 0 Å². The average molecular weight is 547 g/mol. The van der Waals surface area contributed by atoms with Gasteiger partial charge in [-0.25, -0.2) is 18.4 Å². The summed E-state index contributed by atoms with van der Waals surface area (Å²) in [4.78, 5) is 31.8. The monoisotopic (exact) mass is 546 g/mol. The Labute approximate surface area is 205 Å². The summed E-state index contributed by atoms with van der Waals surface area (Å²) in [5, 5.41) is 1.68. The Balaban J connectivity index is 1.75. The van der Waals surface area contributed by atoms with Crippen LogP contribution in [0, 0.1) is 0 Å². The Kier molecular flexibility index (Phi) is 6.34. The zero-order chi connectivity index (χ0) is 25.5. The van der Waals surface area contributed by atoms with Gasteiger partial charge in [0.1, 0.15) is 5.69 Å². The van der Waals surface area contributed by atoms with Crippen LogP contribution in [0.15, 0.2) is 47.6 Å². The lowest BCUT2D eigenvalue weighted by molar-refractivity contribution is -0.137. The molecule has 0 atom stereocenters. The molecule has 1 aliphatic heterocycles. The number of ketones is 1. The normalized spacial score (nSPS) is 13.5. The van der Waals surface area contributed by atoms with Gasteiger partial charge in [0.15, 0.2) is 18.2 Å². The number of sulfonamides is 1. The van der Waals surface area contributed by atoms with E-state index in [1.54, 1.807) is 0 Å². The summed E-state index contributed by atoms with van der Waals surface area (Å²) in [6.07, 6.45) is -2.61. The van der Waals surface area contributed by atoms with E-state index in [1.807, 2.05) is 4.72 Å². The highest BCUT2D eigenvalue weighted by molar-refractivity contribution is 7.92. The molecule has 3 heterocycles. The van der Waals surface area contributed by atoms with Crippen molar-refractivity contribution in [3.05, 3.63) is 69.6 Å². The Bertz CT molecular complexity index is 1480. The largest absolute Gasteiger partial charge is 0.479 e. The SMILES string of the molecule is O=C1COc2c(C(=O)c3ncc(Cl)cc3NS(=O)(=O)c3ccc(Cl)c(C(F)(F)F)c3)ccnc2N1. The summed E-state index contributed by atoms with van der Waals surface area (Å²) in [5.74, 6) is -1.41. The van der Waals surface area contributed by atoms with E-state index in [4.69, 9.17) is 27.9 Å². The first-order valence-electron chi connectivity index (χ1n) is 9.38. The third kappa shape index (κ3) is 5.01. The van der Waals surface area contributed by atoms with Crippen molar-refractivity contribution >= 4 is 56.4 Å². The molecule has 1 aliphatic rings. The van der Waals surface area contributed by atoms with E-state index < -0.39 is 54.8 Å². The Morgan fingerprint density at radius 1 is 1.14 bits per heavy atom. The number of carbonyl (C=O) groups is 2. The van der Waals surface area contributed by atoms with Crippen molar-refractivity contribution in [2.75, 3.05) is 16.6 Å². The number of amides is 1. The fourth-order valence-electron chi connectivity index (χ4n) is 3.09. The molecule has 3 aromatic rings. The molecule has 4 rings (SSSR count). The molecule has 35 heavy (non-hydrogen) atoms. The highest BCUT2D eigenvalue weighted by atomic mass is 35.5. The van der Waals surface area contributed by atoms with Crippen molar-refractivity contribution in [1.29, 1.82) is 0 Å². The number of nitrogens with zero attached hydrogens (tertiary/aromatic N) is 2. The lowest BCUT2D eigenvalue weighted by Crippen LogP contribution is -2.27. The van der Waals surface area contributed by atoms with Crippen LogP contribution in [-0.2, 0) is 21.0 Å². The van der Waals surface area contributed by atoms with Crippen LogP contribution in [0.2, 0.25) is 10.0 Å². The van der Waals surface area contributed by atoms with Crippen LogP contribution >= 0.6 is 23.2 Å². The molecule has 0 saturated carbocycles. The van der Waals surface area contributed by atoms with Crippen molar-refractivity contribution in [2.45, 2.75) is 11.1 Å². The van der Waals surface area contributed by atoms with Crippen LogP contribution < -0.4 is 14.8 Å². The molecule has 1 amide bonds. The number of pyridine rings is 2. The first-order valence-corrected chi connectivity index (χ1v) is 11.6. The molecule has 0 spiro atoms. The van der Waals surface area contributed by atoms with E-state index in [2.05, 4.69) is 15.3 Å². The summed E-state index contributed by atoms with van der Waals surface area (Å²) < 4.78 is 72.7. The van der Waals surface area contributed by atoms with Gasteiger partial charge in [0.25, 0.3) is 15.9 Å². The number of benzene rings is 1. The van der Waals surface area contributed by atoms with E-state index in [9.17, 15) is 31.2 Å². The lowest BCUT2D eigenvalue weighted by atomic mass is 10.1. The Morgan fingerprint density at radius 3 is 2.60 bits per heavy atom. The van der Waals surface area contributed by atoms with Gasteiger partial charge in [-0.05, 0) is 30.3 Å². The van der Waals surface area contributed by atoms with E-state index in [0.717, 1.165) is 24.4 Å². The van der Waals surface area contributed by atoms with Gasteiger partial charge in [-0.3, -0.25) is 14.3 Å². The molecule has 0 radical (unpaired) electrons. The minimum absolute atomic E-state index is 0.0240. The van der Waals surface area contributed by atoms with Gasteiger partial charge in [-0.2, -0.15) is 13.2 Å². The standard InChI is InChI=1S/C20H11Cl2F3N4O5S/c21-9-5-14(29-35(32,33)10-1-2-13(22)12(6-10)20(23,24)25)16(27-7-9)17(31)11-3-4-26-19-18(11)34-8-15(30)28-19/h1-7,29H,8H2,(H,26,28,30). The molecule has 0 unspecified atom stereocenters. The van der Waals surface area contributed by atoms with Crippen molar-refractivity contribution in [3.8, 4) is 5.75 Å². The molecule has 9 nitrogen and oxygen atoms in total. The maximum absolute atomic E-state index is 13.3. The molecule has 0 aliphatic carbocycles. The number of alkyl halides is 3. The molecule has 182 valence electrons. The Morgan fingerprint density at radius 2 is 1.89 bits per heavy atom. The molecule has 2 N–H and O–H groups in total. The number of rotatable bonds is 5. The molecule has 0 bridgehead atoms. The Hall–Kier alpha value is -3.42. The number of hydrogen-bond acceptors (Lipinski definition) is 7. The summed E-state index contributed by atoms with van der Waals surface area (Å²) in [6.45, 7) is -0.384. The van der Waals surface area contributed by atoms with Crippen LogP contribution in [0.5, 0.6) is 5.75 Å². The van der Waals surface area contributed by atoms with Crippen LogP contribution in [0.25, 0.3) is 0 Å². The zero-order valence-electron chi connectivity index (χ0n) is 17.0. The predicted octanol–water partition coefficient (Wildman–Crippen LogP) is 4.16. The molecular weight excluding hydrogens is 536 g/mol. The summed E-state index contributed by atoms with van der Waals surface area (Å²) in [5.41, 5.74) is -2.30. The van der Waals surface area contributed by atoms with E-state index in [1.165, 1.54) is 12.3 Å². The van der Waals surface area contributed by atoms with Crippen LogP contribution in [0.4, 0.5) is 24.7 Å². The van der Waals surface area contributed by atoms with Crippen molar-refractivity contribution in [2.24, 2.45) is 0 Å². The maximum atomic E-state index is 13.3. The number of halogens is 5. The van der Waals surface area contributed by atoms with Crippen molar-refractivity contribution in [1.82, 2.24) is 9.97 Å². The number of nitrogens with one attached hydrogen (secondary N) is 2. The fourth-order valence-corrected chi connectivity index (χ4v) is 4.55. The summed E-state index contributed by atoms with van der Waals surface area (Å²) >= 11 is 11.5. The van der Waals surface area contributed by atoms with Gasteiger partial charge in [0.2, 0.25) is 5.78 Å². The highest BCUT2D eigenvalue weighted by Crippen LogP contribution is 2.37. The quantitative estimate of drug-likeness (QED) is 0.460. The lowest BCUT2D eigenvalue weighted by Gasteiger charge is -2.19. The van der Waals surface area contributed by atoms with Crippen molar-refractivity contribution in [3.63, 3.8) is 0 Å². The molecule has 1 aromatic carbocycles. The first-order chi connectivity index (χ1) is 16.4. The van der Waals surface area contributed by atoms with Gasteiger partial charge >= 0.3 is 6.18 Å². The van der Waals surface area contributed by atoms with Gasteiger partial charge < -0.3 is 10.1 Å². The first kappa shape index (κ1) is 24.7. The number of aromatic nitrogens is 2. The topological polar surface area (TPSA) is 127 Å². The highest BCUT2D eigenvalue weighted by Gasteiger charge is 2.35. The molecular formula is C20H11Cl2F3N4O5S. The number of ether oxygens (including phenoxy) is 1. The third-order valence-electron chi connectivity index (χ3n) is 4.62. The van der Waals surface area contributed by atoms with Crippen LogP contribution in [-0.4, -0.2) is 36.7 Å². The average Bonchev–Trinajstić information content (AvgIpc) is 2.77. The third-order valence-corrected chi connectivity index (χ3v) is 6.52. The predicted molar refractivity (Wildman–Crippen MR) is 118 cm³/mol. The molecule has 2 aromatic heterocycles. The minimum atomic E-state index is -4.91. The number of hydrogen-bond donors (Lipinski definition) is 2. The van der Waals surface area contributed by atoms with Gasteiger partial charge in [0, 0.05) is 12.4 Å². The van der Waals surface area contributed by atoms with Crippen LogP contribution in [0.3, 0.4) is 0 Å². The second kappa shape index (κ2) is 8.98. The molecule has 15 heteroatoms. The second-order valence-corrected chi connectivity index (χ2v) is 9.52. The number of carbonyl (C=O) groups excluding carboxylic acids is 2. The number of anilines is 2. The van der Waals surface area contributed by atoms with Gasteiger partial charge in [0.05, 0.1) is 31.8 Å². The molecule has 0 fully saturated rings. The molecule has 0 saturated heterocycles.